The third-order valence-electron chi connectivity index (χ3n) is 3.33. The monoisotopic (exact) mass is 261 g/mol. The maximum atomic E-state index is 5.81. The van der Waals surface area contributed by atoms with Crippen LogP contribution in [0, 0.1) is 5.92 Å². The van der Waals surface area contributed by atoms with Crippen LogP contribution in [0.15, 0.2) is 36.9 Å². The van der Waals surface area contributed by atoms with Gasteiger partial charge in [0.15, 0.2) is 0 Å². The summed E-state index contributed by atoms with van der Waals surface area (Å²) in [4.78, 5) is 0. The van der Waals surface area contributed by atoms with Crippen LogP contribution < -0.4 is 10.1 Å². The van der Waals surface area contributed by atoms with Gasteiger partial charge in [-0.1, -0.05) is 24.3 Å². The Kier molecular flexibility index (Phi) is 5.92. The van der Waals surface area contributed by atoms with Crippen LogP contribution in [0.5, 0.6) is 5.75 Å². The van der Waals surface area contributed by atoms with Gasteiger partial charge in [-0.3, -0.25) is 0 Å². The first-order valence-corrected chi connectivity index (χ1v) is 7.00. The number of ether oxygens (including phenoxy) is 2. The largest absolute Gasteiger partial charge is 0.492 e. The number of hydrogen-bond donors (Lipinski definition) is 1. The smallest absolute Gasteiger partial charge is 0.122 e. The Bertz CT molecular complexity index is 386. The lowest BCUT2D eigenvalue weighted by atomic mass is 10.1. The Morgan fingerprint density at radius 2 is 2.32 bits per heavy atom. The highest BCUT2D eigenvalue weighted by Gasteiger charge is 2.14. The summed E-state index contributed by atoms with van der Waals surface area (Å²) in [6.45, 7) is 8.18. The van der Waals surface area contributed by atoms with Gasteiger partial charge in [-0.05, 0) is 30.4 Å². The molecule has 3 nitrogen and oxygen atoms in total. The van der Waals surface area contributed by atoms with Gasteiger partial charge in [0.2, 0.25) is 0 Å². The van der Waals surface area contributed by atoms with Gasteiger partial charge in [-0.2, -0.15) is 0 Å². The molecule has 1 aromatic carbocycles. The van der Waals surface area contributed by atoms with Crippen molar-refractivity contribution in [2.45, 2.75) is 12.8 Å². The Morgan fingerprint density at radius 3 is 3.11 bits per heavy atom. The van der Waals surface area contributed by atoms with Crippen molar-refractivity contribution in [1.82, 2.24) is 5.32 Å². The molecule has 0 spiro atoms. The molecule has 1 atom stereocenters. The van der Waals surface area contributed by atoms with Gasteiger partial charge in [-0.25, -0.2) is 0 Å². The van der Waals surface area contributed by atoms with E-state index in [0.29, 0.717) is 12.5 Å². The average molecular weight is 261 g/mol. The molecule has 0 radical (unpaired) electrons. The van der Waals surface area contributed by atoms with Crippen molar-refractivity contribution in [3.63, 3.8) is 0 Å². The Balaban J connectivity index is 1.65. The van der Waals surface area contributed by atoms with Crippen molar-refractivity contribution in [3.05, 3.63) is 42.5 Å². The molecular weight excluding hydrogens is 238 g/mol. The van der Waals surface area contributed by atoms with E-state index < -0.39 is 0 Å². The Hall–Kier alpha value is -1.32. The van der Waals surface area contributed by atoms with Gasteiger partial charge in [-0.15, -0.1) is 6.58 Å². The van der Waals surface area contributed by atoms with Crippen LogP contribution in [-0.4, -0.2) is 32.9 Å². The standard InChI is InChI=1S/C16H23NO2/c1-2-5-15-6-3-4-7-16(15)19-11-9-17-12-14-8-10-18-13-14/h2-4,6-7,14,17H,1,5,8-13H2. The highest BCUT2D eigenvalue weighted by atomic mass is 16.5. The molecule has 19 heavy (non-hydrogen) atoms. The van der Waals surface area contributed by atoms with Crippen molar-refractivity contribution in [2.75, 3.05) is 32.9 Å². The van der Waals surface area contributed by atoms with Gasteiger partial charge in [0.05, 0.1) is 6.61 Å². The SMILES string of the molecule is C=CCc1ccccc1OCCNCC1CCOC1. The molecule has 1 unspecified atom stereocenters. The van der Waals surface area contributed by atoms with Gasteiger partial charge >= 0.3 is 0 Å². The van der Waals surface area contributed by atoms with Crippen LogP contribution >= 0.6 is 0 Å². The van der Waals surface area contributed by atoms with E-state index in [0.717, 1.165) is 38.5 Å². The van der Waals surface area contributed by atoms with Crippen LogP contribution in [0.3, 0.4) is 0 Å². The van der Waals surface area contributed by atoms with Gasteiger partial charge in [0.25, 0.3) is 0 Å². The minimum Gasteiger partial charge on any atom is -0.492 e. The predicted molar refractivity (Wildman–Crippen MR) is 77.6 cm³/mol. The first-order valence-electron chi connectivity index (χ1n) is 7.00. The molecule has 3 heteroatoms. The zero-order chi connectivity index (χ0) is 13.3. The summed E-state index contributed by atoms with van der Waals surface area (Å²) in [7, 11) is 0. The summed E-state index contributed by atoms with van der Waals surface area (Å²) >= 11 is 0. The summed E-state index contributed by atoms with van der Waals surface area (Å²) < 4.78 is 11.2. The first kappa shape index (κ1) is 14.1. The van der Waals surface area contributed by atoms with E-state index in [9.17, 15) is 0 Å². The van der Waals surface area contributed by atoms with Gasteiger partial charge < -0.3 is 14.8 Å². The molecule has 2 rings (SSSR count). The van der Waals surface area contributed by atoms with Crippen molar-refractivity contribution in [3.8, 4) is 5.75 Å². The van der Waals surface area contributed by atoms with Crippen LogP contribution in [0.2, 0.25) is 0 Å². The zero-order valence-corrected chi connectivity index (χ0v) is 11.4. The number of benzene rings is 1. The van der Waals surface area contributed by atoms with Crippen LogP contribution in [0.25, 0.3) is 0 Å². The van der Waals surface area contributed by atoms with E-state index >= 15 is 0 Å². The summed E-state index contributed by atoms with van der Waals surface area (Å²) in [6, 6.07) is 8.14. The molecule has 0 amide bonds. The fraction of sp³-hybridized carbons (Fsp3) is 0.500. The van der Waals surface area contributed by atoms with Crippen molar-refractivity contribution < 1.29 is 9.47 Å². The molecule has 1 N–H and O–H groups in total. The molecule has 0 bridgehead atoms. The van der Waals surface area contributed by atoms with Crippen molar-refractivity contribution >= 4 is 0 Å². The molecule has 1 saturated heterocycles. The molecule has 0 aromatic heterocycles. The number of rotatable bonds is 8. The number of nitrogens with one attached hydrogen (secondary N) is 1. The fourth-order valence-electron chi connectivity index (χ4n) is 2.25. The summed E-state index contributed by atoms with van der Waals surface area (Å²) in [6.07, 6.45) is 3.93. The quantitative estimate of drug-likeness (QED) is 0.576. The van der Waals surface area contributed by atoms with E-state index in [1.165, 1.54) is 12.0 Å². The van der Waals surface area contributed by atoms with Crippen molar-refractivity contribution in [1.29, 1.82) is 0 Å². The first-order chi connectivity index (χ1) is 9.40. The Morgan fingerprint density at radius 1 is 1.42 bits per heavy atom. The minimum atomic E-state index is 0.674. The molecule has 104 valence electrons. The lowest BCUT2D eigenvalue weighted by molar-refractivity contribution is 0.185. The molecule has 1 aliphatic rings. The molecule has 0 aliphatic carbocycles. The molecule has 1 heterocycles. The lowest BCUT2D eigenvalue weighted by Crippen LogP contribution is -2.27. The average Bonchev–Trinajstić information content (AvgIpc) is 2.94. The van der Waals surface area contributed by atoms with E-state index in [1.807, 2.05) is 24.3 Å². The topological polar surface area (TPSA) is 30.5 Å². The maximum absolute atomic E-state index is 5.81. The van der Waals surface area contributed by atoms with Gasteiger partial charge in [0.1, 0.15) is 12.4 Å². The summed E-state index contributed by atoms with van der Waals surface area (Å²) in [5, 5.41) is 3.42. The normalized spacial score (nSPS) is 18.4. The van der Waals surface area contributed by atoms with E-state index in [1.54, 1.807) is 0 Å². The van der Waals surface area contributed by atoms with E-state index in [-0.39, 0.29) is 0 Å². The highest BCUT2D eigenvalue weighted by molar-refractivity contribution is 5.34. The van der Waals surface area contributed by atoms with Crippen LogP contribution in [0.4, 0.5) is 0 Å². The number of hydrogen-bond acceptors (Lipinski definition) is 3. The van der Waals surface area contributed by atoms with Gasteiger partial charge in [0, 0.05) is 19.7 Å². The third kappa shape index (κ3) is 4.69. The third-order valence-corrected chi connectivity index (χ3v) is 3.33. The Labute approximate surface area is 115 Å². The van der Waals surface area contributed by atoms with Crippen molar-refractivity contribution in [2.24, 2.45) is 5.92 Å². The summed E-state index contributed by atoms with van der Waals surface area (Å²) in [5.41, 5.74) is 1.20. The molecule has 1 aliphatic heterocycles. The second kappa shape index (κ2) is 7.97. The molecule has 0 saturated carbocycles. The highest BCUT2D eigenvalue weighted by Crippen LogP contribution is 2.18. The van der Waals surface area contributed by atoms with Crippen LogP contribution in [-0.2, 0) is 11.2 Å². The number of allylic oxidation sites excluding steroid dienone is 1. The molecule has 1 aromatic rings. The second-order valence-corrected chi connectivity index (χ2v) is 4.88. The van der Waals surface area contributed by atoms with Crippen LogP contribution in [0.1, 0.15) is 12.0 Å². The zero-order valence-electron chi connectivity index (χ0n) is 11.4. The lowest BCUT2D eigenvalue weighted by Gasteiger charge is -2.12. The number of para-hydroxylation sites is 1. The molecular formula is C16H23NO2. The van der Waals surface area contributed by atoms with E-state index in [2.05, 4.69) is 18.0 Å². The summed E-state index contributed by atoms with van der Waals surface area (Å²) in [5.74, 6) is 1.64. The minimum absolute atomic E-state index is 0.674. The maximum Gasteiger partial charge on any atom is 0.122 e. The fourth-order valence-corrected chi connectivity index (χ4v) is 2.25. The second-order valence-electron chi connectivity index (χ2n) is 4.88. The predicted octanol–water partition coefficient (Wildman–Crippen LogP) is 2.42. The van der Waals surface area contributed by atoms with E-state index in [4.69, 9.17) is 9.47 Å². The molecule has 1 fully saturated rings.